The minimum atomic E-state index is -0.918. The Bertz CT molecular complexity index is 3110. The van der Waals surface area contributed by atoms with Crippen LogP contribution in [0.5, 0.6) is 69.0 Å². The lowest BCUT2D eigenvalue weighted by molar-refractivity contribution is 0.221. The van der Waals surface area contributed by atoms with E-state index in [9.17, 15) is 51.1 Å². The number of fused-ring (bicyclic) bond motifs is 4. The number of phenolic OH excluding ortho intramolecular Hbond substituents is 10. The third-order valence-corrected chi connectivity index (χ3v) is 14.5. The number of ether oxygens (including phenoxy) is 2. The first-order chi connectivity index (χ1) is 32.8. The molecule has 68 heavy (non-hydrogen) atoms. The van der Waals surface area contributed by atoms with E-state index in [1.54, 1.807) is 121 Å². The molecule has 4 aliphatic rings. The Morgan fingerprint density at radius 2 is 0.559 bits per heavy atom. The van der Waals surface area contributed by atoms with E-state index in [0.29, 0.717) is 78.3 Å². The minimum absolute atomic E-state index is 0.0182. The van der Waals surface area contributed by atoms with Gasteiger partial charge in [-0.3, -0.25) is 0 Å². The fourth-order valence-corrected chi connectivity index (χ4v) is 12.0. The lowest BCUT2D eigenvalue weighted by Gasteiger charge is -2.40. The molecule has 0 fully saturated rings. The molecular weight excluding hydrogens is 865 g/mol. The summed E-state index contributed by atoms with van der Waals surface area (Å²) < 4.78 is 13.7. The van der Waals surface area contributed by atoms with Crippen molar-refractivity contribution in [2.24, 2.45) is 0 Å². The summed E-state index contributed by atoms with van der Waals surface area (Å²) in [5.74, 6) is -5.69. The highest BCUT2D eigenvalue weighted by Gasteiger charge is 2.55. The van der Waals surface area contributed by atoms with E-state index in [0.717, 1.165) is 0 Å². The Balaban J connectivity index is 1.25. The lowest BCUT2D eigenvalue weighted by Crippen LogP contribution is -2.26. The highest BCUT2D eigenvalue weighted by molar-refractivity contribution is 5.71. The molecule has 10 N–H and O–H groups in total. The number of hydrogen-bond acceptors (Lipinski definition) is 12. The summed E-state index contributed by atoms with van der Waals surface area (Å²) in [6.07, 6.45) is -1.62. The zero-order valence-corrected chi connectivity index (χ0v) is 35.8. The SMILES string of the molecule is Oc1ccc([C@@H]2c3c(O)cc(O)cc3C3c4c(cc(O)cc4C2C2c4cc(O)cc5c4C(c4cc(O)cc(O)c4[C@H]2c2ccc(O)cc2)[C@H](c2ccc(O)cc2)O5)O[C@@H]3c2ccc(O)cc2)cc1. The Morgan fingerprint density at radius 1 is 0.265 bits per heavy atom. The summed E-state index contributed by atoms with van der Waals surface area (Å²) in [4.78, 5) is 0. The minimum Gasteiger partial charge on any atom is -0.508 e. The molecule has 0 aromatic heterocycles. The normalized spacial score (nSPS) is 22.6. The van der Waals surface area contributed by atoms with Gasteiger partial charge in [0.05, 0.1) is 11.8 Å². The number of hydrogen-bond donors (Lipinski definition) is 10. The van der Waals surface area contributed by atoms with Crippen LogP contribution in [0.25, 0.3) is 0 Å². The molecular formula is C56H42O12. The predicted molar refractivity (Wildman–Crippen MR) is 248 cm³/mol. The van der Waals surface area contributed by atoms with Crippen molar-refractivity contribution in [3.8, 4) is 69.0 Å². The maximum absolute atomic E-state index is 12.5. The lowest BCUT2D eigenvalue weighted by atomic mass is 9.62. The van der Waals surface area contributed by atoms with E-state index < -0.39 is 47.7 Å². The summed E-state index contributed by atoms with van der Waals surface area (Å²) in [6.45, 7) is 0. The standard InChI is InChI=1S/C56H42O12/c57-29-9-1-25(2-10-29)45-47-37(17-33(61)21-41(47)65)53-49-39(19-35(63)23-43(49)67-55(53)27-5-13-31(59)14-6-27)51(45)52-40-20-36(64)24-44-50(40)54(56(68-44)28-7-15-32(60)16-8-28)38-18-34(62)22-42(66)48(38)46(52)26-3-11-30(58)12-4-26/h1-24,45-46,51-66H/t45-,46-,51?,52?,53?,54?,55-,56+/m1/s1. The van der Waals surface area contributed by atoms with Crippen molar-refractivity contribution < 1.29 is 60.5 Å². The molecule has 12 heteroatoms. The molecule has 0 spiro atoms. The van der Waals surface area contributed by atoms with Crippen LogP contribution in [0.1, 0.15) is 114 Å². The van der Waals surface area contributed by atoms with Gasteiger partial charge < -0.3 is 60.5 Å². The van der Waals surface area contributed by atoms with E-state index in [4.69, 9.17) is 9.47 Å². The zero-order valence-electron chi connectivity index (χ0n) is 35.8. The van der Waals surface area contributed by atoms with Crippen LogP contribution in [-0.2, 0) is 0 Å². The molecule has 8 atom stereocenters. The Hall–Kier alpha value is -8.64. The van der Waals surface area contributed by atoms with Crippen molar-refractivity contribution in [2.45, 2.75) is 47.7 Å². The van der Waals surface area contributed by atoms with Crippen molar-refractivity contribution in [1.82, 2.24) is 0 Å². The van der Waals surface area contributed by atoms with E-state index >= 15 is 0 Å². The van der Waals surface area contributed by atoms with E-state index in [-0.39, 0.29) is 57.5 Å². The summed E-state index contributed by atoms with van der Waals surface area (Å²) >= 11 is 0. The van der Waals surface area contributed by atoms with Gasteiger partial charge >= 0.3 is 0 Å². The fourth-order valence-electron chi connectivity index (χ4n) is 12.0. The second kappa shape index (κ2) is 14.9. The molecule has 12 rings (SSSR count). The van der Waals surface area contributed by atoms with E-state index in [2.05, 4.69) is 0 Å². The van der Waals surface area contributed by atoms with Crippen LogP contribution in [0.3, 0.4) is 0 Å². The second-order valence-electron chi connectivity index (χ2n) is 18.2. The monoisotopic (exact) mass is 906 g/mol. The topological polar surface area (TPSA) is 221 Å². The van der Waals surface area contributed by atoms with Crippen LogP contribution in [0.15, 0.2) is 146 Å². The first kappa shape index (κ1) is 40.8. The van der Waals surface area contributed by atoms with Gasteiger partial charge in [0.15, 0.2) is 0 Å². The van der Waals surface area contributed by atoms with Gasteiger partial charge in [-0.15, -0.1) is 0 Å². The van der Waals surface area contributed by atoms with Crippen molar-refractivity contribution >= 4 is 0 Å². The predicted octanol–water partition coefficient (Wildman–Crippen LogP) is 10.4. The average molecular weight is 907 g/mol. The molecule has 8 aromatic carbocycles. The van der Waals surface area contributed by atoms with Gasteiger partial charge in [0.1, 0.15) is 81.2 Å². The fraction of sp³-hybridized carbons (Fsp3) is 0.143. The zero-order chi connectivity index (χ0) is 46.9. The van der Waals surface area contributed by atoms with Gasteiger partial charge in [0.2, 0.25) is 0 Å². The first-order valence-electron chi connectivity index (χ1n) is 22.2. The van der Waals surface area contributed by atoms with Gasteiger partial charge in [0.25, 0.3) is 0 Å². The Labute approximate surface area is 388 Å². The van der Waals surface area contributed by atoms with Gasteiger partial charge in [-0.25, -0.2) is 0 Å². The van der Waals surface area contributed by atoms with Gasteiger partial charge in [0, 0.05) is 70.2 Å². The molecule has 0 amide bonds. The molecule has 2 aliphatic heterocycles. The van der Waals surface area contributed by atoms with Crippen molar-refractivity contribution in [3.63, 3.8) is 0 Å². The quantitative estimate of drug-likeness (QED) is 0.0780. The average Bonchev–Trinajstić information content (AvgIpc) is 3.81. The first-order valence-corrected chi connectivity index (χ1v) is 22.2. The molecule has 0 saturated heterocycles. The molecule has 0 bridgehead atoms. The van der Waals surface area contributed by atoms with Crippen molar-refractivity contribution in [1.29, 1.82) is 0 Å². The molecule has 2 aliphatic carbocycles. The molecule has 0 saturated carbocycles. The van der Waals surface area contributed by atoms with Crippen LogP contribution < -0.4 is 9.47 Å². The third kappa shape index (κ3) is 6.20. The molecule has 2 heterocycles. The largest absolute Gasteiger partial charge is 0.508 e. The Morgan fingerprint density at radius 3 is 0.897 bits per heavy atom. The molecule has 338 valence electrons. The van der Waals surface area contributed by atoms with Crippen LogP contribution >= 0.6 is 0 Å². The molecule has 4 unspecified atom stereocenters. The third-order valence-electron chi connectivity index (χ3n) is 14.5. The van der Waals surface area contributed by atoms with Crippen molar-refractivity contribution in [3.05, 3.63) is 212 Å². The maximum atomic E-state index is 12.5. The molecule has 0 radical (unpaired) electrons. The highest BCUT2D eigenvalue weighted by Crippen LogP contribution is 2.69. The summed E-state index contributed by atoms with van der Waals surface area (Å²) in [5.41, 5.74) is 6.75. The van der Waals surface area contributed by atoms with Crippen LogP contribution in [0.4, 0.5) is 0 Å². The molecule has 12 nitrogen and oxygen atoms in total. The Kier molecular flexibility index (Phi) is 8.97. The van der Waals surface area contributed by atoms with Gasteiger partial charge in [-0.1, -0.05) is 48.5 Å². The number of phenols is 10. The summed E-state index contributed by atoms with van der Waals surface area (Å²) in [6, 6.07) is 38.4. The van der Waals surface area contributed by atoms with Crippen LogP contribution in [0.2, 0.25) is 0 Å². The van der Waals surface area contributed by atoms with Crippen molar-refractivity contribution in [2.75, 3.05) is 0 Å². The van der Waals surface area contributed by atoms with E-state index in [1.807, 2.05) is 0 Å². The van der Waals surface area contributed by atoms with Gasteiger partial charge in [-0.2, -0.15) is 0 Å². The van der Waals surface area contributed by atoms with Crippen LogP contribution in [-0.4, -0.2) is 51.1 Å². The number of benzene rings is 8. The smallest absolute Gasteiger partial charge is 0.135 e. The van der Waals surface area contributed by atoms with E-state index in [1.165, 1.54) is 24.3 Å². The number of rotatable bonds is 5. The summed E-state index contributed by atoms with van der Waals surface area (Å²) in [7, 11) is 0. The maximum Gasteiger partial charge on any atom is 0.135 e. The second-order valence-corrected chi connectivity index (χ2v) is 18.2. The highest BCUT2D eigenvalue weighted by atomic mass is 16.5. The van der Waals surface area contributed by atoms with Gasteiger partial charge in [-0.05, 0) is 117 Å². The van der Waals surface area contributed by atoms with Crippen LogP contribution in [0, 0.1) is 0 Å². The molecule has 8 aromatic rings. The number of aromatic hydroxyl groups is 10. The summed E-state index contributed by atoms with van der Waals surface area (Å²) in [5, 5.41) is 114.